The lowest BCUT2D eigenvalue weighted by molar-refractivity contribution is 0.188. The lowest BCUT2D eigenvalue weighted by Gasteiger charge is -2.42. The van der Waals surface area contributed by atoms with Gasteiger partial charge in [-0.3, -0.25) is 0 Å². The second-order valence-electron chi connectivity index (χ2n) is 5.97. The topological polar surface area (TPSA) is 15.3 Å². The summed E-state index contributed by atoms with van der Waals surface area (Å²) in [4.78, 5) is 2.22. The quantitative estimate of drug-likeness (QED) is 0.851. The number of hydrogen-bond acceptors (Lipinski definition) is 2. The third kappa shape index (κ3) is 3.51. The predicted molar refractivity (Wildman–Crippen MR) is 83.7 cm³/mol. The molecule has 112 valence electrons. The molecule has 0 spiro atoms. The highest BCUT2D eigenvalue weighted by Crippen LogP contribution is 2.36. The van der Waals surface area contributed by atoms with Gasteiger partial charge < -0.3 is 10.2 Å². The lowest BCUT2D eigenvalue weighted by Crippen LogP contribution is -2.45. The normalized spacial score (nSPS) is 17.9. The number of piperidine rings is 1. The second-order valence-corrected chi connectivity index (χ2v) is 5.97. The summed E-state index contributed by atoms with van der Waals surface area (Å²) in [5.41, 5.74) is 1.10. The molecule has 0 aromatic heterocycles. The number of nitrogens with zero attached hydrogens (tertiary/aromatic N) is 1. The monoisotopic (exact) mass is 278 g/mol. The highest BCUT2D eigenvalue weighted by atomic mass is 19.1. The molecule has 1 fully saturated rings. The van der Waals surface area contributed by atoms with Crippen molar-refractivity contribution in [2.45, 2.75) is 39.5 Å². The lowest BCUT2D eigenvalue weighted by atomic mass is 9.75. The van der Waals surface area contributed by atoms with Crippen LogP contribution in [-0.2, 0) is 0 Å². The number of para-hydroxylation sites is 1. The molecule has 0 aliphatic carbocycles. The molecule has 3 heteroatoms. The molecule has 1 aliphatic rings. The van der Waals surface area contributed by atoms with Crippen LogP contribution in [0.25, 0.3) is 0 Å². The summed E-state index contributed by atoms with van der Waals surface area (Å²) in [5.74, 6) is -0.102. The van der Waals surface area contributed by atoms with E-state index in [1.54, 1.807) is 12.1 Å². The summed E-state index contributed by atoms with van der Waals surface area (Å²) in [6.45, 7) is 8.39. The molecule has 1 heterocycles. The van der Waals surface area contributed by atoms with Crippen LogP contribution < -0.4 is 10.2 Å². The van der Waals surface area contributed by atoms with Crippen molar-refractivity contribution in [1.29, 1.82) is 0 Å². The van der Waals surface area contributed by atoms with Crippen LogP contribution in [-0.4, -0.2) is 26.2 Å². The van der Waals surface area contributed by atoms with Gasteiger partial charge >= 0.3 is 0 Å². The van der Waals surface area contributed by atoms with Gasteiger partial charge in [0.15, 0.2) is 0 Å². The molecule has 1 saturated heterocycles. The van der Waals surface area contributed by atoms with Crippen LogP contribution in [0.1, 0.15) is 39.5 Å². The summed E-state index contributed by atoms with van der Waals surface area (Å²) < 4.78 is 14.0. The number of hydrogen-bond donors (Lipinski definition) is 1. The summed E-state index contributed by atoms with van der Waals surface area (Å²) in [5, 5.41) is 3.45. The Morgan fingerprint density at radius 3 is 2.50 bits per heavy atom. The Bertz CT molecular complexity index is 408. The summed E-state index contributed by atoms with van der Waals surface area (Å²) in [6, 6.07) is 7.15. The average molecular weight is 278 g/mol. The van der Waals surface area contributed by atoms with Crippen LogP contribution in [0, 0.1) is 11.2 Å². The number of rotatable bonds is 6. The Balaban J connectivity index is 2.16. The van der Waals surface area contributed by atoms with Gasteiger partial charge in [0.2, 0.25) is 0 Å². The fourth-order valence-electron chi connectivity index (χ4n) is 3.45. The predicted octanol–water partition coefficient (Wildman–Crippen LogP) is 3.82. The van der Waals surface area contributed by atoms with E-state index in [2.05, 4.69) is 24.1 Å². The van der Waals surface area contributed by atoms with Crippen molar-refractivity contribution in [1.82, 2.24) is 5.32 Å². The van der Waals surface area contributed by atoms with Gasteiger partial charge in [0.25, 0.3) is 0 Å². The second kappa shape index (κ2) is 7.07. The smallest absolute Gasteiger partial charge is 0.146 e. The third-order valence-electron chi connectivity index (χ3n) is 4.55. The fraction of sp³-hybridized carbons (Fsp3) is 0.647. The van der Waals surface area contributed by atoms with Gasteiger partial charge in [-0.15, -0.1) is 0 Å². The van der Waals surface area contributed by atoms with Gasteiger partial charge in [-0.1, -0.05) is 25.5 Å². The van der Waals surface area contributed by atoms with Gasteiger partial charge in [0.05, 0.1) is 5.69 Å². The molecule has 0 radical (unpaired) electrons. The first-order valence-corrected chi connectivity index (χ1v) is 7.91. The molecule has 0 atom stereocenters. The molecular formula is C17H27FN2. The van der Waals surface area contributed by atoms with Crippen LogP contribution in [0.2, 0.25) is 0 Å². The van der Waals surface area contributed by atoms with Crippen molar-refractivity contribution in [2.24, 2.45) is 5.41 Å². The van der Waals surface area contributed by atoms with Crippen molar-refractivity contribution in [3.8, 4) is 0 Å². The van der Waals surface area contributed by atoms with E-state index in [4.69, 9.17) is 0 Å². The van der Waals surface area contributed by atoms with E-state index in [-0.39, 0.29) is 5.82 Å². The number of halogens is 1. The van der Waals surface area contributed by atoms with Crippen molar-refractivity contribution in [3.63, 3.8) is 0 Å². The zero-order valence-electron chi connectivity index (χ0n) is 12.8. The van der Waals surface area contributed by atoms with E-state index < -0.39 is 0 Å². The van der Waals surface area contributed by atoms with Crippen LogP contribution >= 0.6 is 0 Å². The first-order chi connectivity index (χ1) is 9.71. The summed E-state index contributed by atoms with van der Waals surface area (Å²) in [7, 11) is 0. The minimum atomic E-state index is -0.102. The van der Waals surface area contributed by atoms with E-state index in [9.17, 15) is 4.39 Å². The maximum absolute atomic E-state index is 14.0. The van der Waals surface area contributed by atoms with Gasteiger partial charge in [-0.2, -0.15) is 0 Å². The van der Waals surface area contributed by atoms with E-state index >= 15 is 0 Å². The van der Waals surface area contributed by atoms with Crippen LogP contribution in [0.15, 0.2) is 24.3 Å². The molecular weight excluding hydrogens is 251 g/mol. The van der Waals surface area contributed by atoms with Crippen molar-refractivity contribution in [2.75, 3.05) is 31.1 Å². The molecule has 20 heavy (non-hydrogen) atoms. The van der Waals surface area contributed by atoms with Gasteiger partial charge in [0.1, 0.15) is 5.82 Å². The Labute approximate surface area is 122 Å². The number of anilines is 1. The molecule has 0 saturated carbocycles. The molecule has 1 N–H and O–H groups in total. The Kier molecular flexibility index (Phi) is 5.41. The molecule has 0 amide bonds. The van der Waals surface area contributed by atoms with Gasteiger partial charge in [-0.05, 0) is 56.8 Å². The van der Waals surface area contributed by atoms with Gasteiger partial charge in [-0.25, -0.2) is 4.39 Å². The van der Waals surface area contributed by atoms with Gasteiger partial charge in [0, 0.05) is 13.1 Å². The fourth-order valence-corrected chi connectivity index (χ4v) is 3.45. The zero-order chi connectivity index (χ0) is 14.4. The SMILES string of the molecule is CCCC1(CN(CC)c2ccccc2F)CCNCC1. The van der Waals surface area contributed by atoms with E-state index in [1.807, 2.05) is 12.1 Å². The minimum absolute atomic E-state index is 0.102. The van der Waals surface area contributed by atoms with Crippen LogP contribution in [0.3, 0.4) is 0 Å². The van der Waals surface area contributed by atoms with Crippen LogP contribution in [0.4, 0.5) is 10.1 Å². The van der Waals surface area contributed by atoms with Crippen LogP contribution in [0.5, 0.6) is 0 Å². The Hall–Kier alpha value is -1.09. The molecule has 1 aromatic rings. The van der Waals surface area contributed by atoms with Crippen molar-refractivity contribution in [3.05, 3.63) is 30.1 Å². The summed E-state index contributed by atoms with van der Waals surface area (Å²) >= 11 is 0. The Morgan fingerprint density at radius 1 is 1.20 bits per heavy atom. The van der Waals surface area contributed by atoms with Crippen molar-refractivity contribution < 1.29 is 4.39 Å². The maximum Gasteiger partial charge on any atom is 0.146 e. The largest absolute Gasteiger partial charge is 0.369 e. The first kappa shape index (κ1) is 15.3. The third-order valence-corrected chi connectivity index (χ3v) is 4.55. The maximum atomic E-state index is 14.0. The molecule has 0 bridgehead atoms. The standard InChI is InChI=1S/C17H27FN2/c1-3-9-17(10-12-19-13-11-17)14-20(4-2)16-8-6-5-7-15(16)18/h5-8,19H,3-4,9-14H2,1-2H3. The zero-order valence-corrected chi connectivity index (χ0v) is 12.8. The molecule has 0 unspecified atom stereocenters. The number of nitrogens with one attached hydrogen (secondary N) is 1. The molecule has 2 nitrogen and oxygen atoms in total. The molecule has 1 aliphatic heterocycles. The Morgan fingerprint density at radius 2 is 1.90 bits per heavy atom. The highest BCUT2D eigenvalue weighted by Gasteiger charge is 2.33. The summed E-state index contributed by atoms with van der Waals surface area (Å²) in [6.07, 6.45) is 4.84. The van der Waals surface area contributed by atoms with Crippen molar-refractivity contribution >= 4 is 5.69 Å². The minimum Gasteiger partial charge on any atom is -0.369 e. The molecule has 2 rings (SSSR count). The highest BCUT2D eigenvalue weighted by molar-refractivity contribution is 5.47. The van der Waals surface area contributed by atoms with E-state index in [1.165, 1.54) is 25.7 Å². The molecule has 1 aromatic carbocycles. The van der Waals surface area contributed by atoms with E-state index in [0.29, 0.717) is 5.41 Å². The average Bonchev–Trinajstić information content (AvgIpc) is 2.47. The van der Waals surface area contributed by atoms with E-state index in [0.717, 1.165) is 31.9 Å². The first-order valence-electron chi connectivity index (χ1n) is 7.91. The number of benzene rings is 1.